The zero-order valence-corrected chi connectivity index (χ0v) is 16.0. The smallest absolute Gasteiger partial charge is 0.225 e. The number of rotatable bonds is 6. The summed E-state index contributed by atoms with van der Waals surface area (Å²) >= 11 is 10.2. The average Bonchev–Trinajstić information content (AvgIpc) is 2.93. The summed E-state index contributed by atoms with van der Waals surface area (Å²) in [6, 6.07) is 7.98. The van der Waals surface area contributed by atoms with Gasteiger partial charge in [0.05, 0.1) is 22.3 Å². The van der Waals surface area contributed by atoms with Crippen LogP contribution in [0.4, 0.5) is 5.69 Å². The SMILES string of the molecule is COc1ccc(Cl)cc1NC(=O)CCS(=O)(=O)c1ccc(Br)s1. The molecule has 1 aromatic carbocycles. The Hall–Kier alpha value is -1.09. The van der Waals surface area contributed by atoms with Gasteiger partial charge in [-0.15, -0.1) is 11.3 Å². The van der Waals surface area contributed by atoms with Crippen molar-refractivity contribution >= 4 is 60.3 Å². The number of methoxy groups -OCH3 is 1. The number of carbonyl (C=O) groups excluding carboxylic acids is 1. The predicted molar refractivity (Wildman–Crippen MR) is 95.3 cm³/mol. The van der Waals surface area contributed by atoms with Crippen molar-refractivity contribution in [3.63, 3.8) is 0 Å². The number of nitrogens with one attached hydrogen (secondary N) is 1. The third-order valence-electron chi connectivity index (χ3n) is 2.89. The maximum atomic E-state index is 12.1. The van der Waals surface area contributed by atoms with E-state index in [9.17, 15) is 13.2 Å². The fraction of sp³-hybridized carbons (Fsp3) is 0.214. The molecule has 0 aliphatic rings. The molecule has 1 N–H and O–H groups in total. The molecule has 2 rings (SSSR count). The van der Waals surface area contributed by atoms with Crippen LogP contribution in [0.2, 0.25) is 5.02 Å². The molecular formula is C14H13BrClNO4S2. The Morgan fingerprint density at radius 2 is 2.09 bits per heavy atom. The van der Waals surface area contributed by atoms with E-state index in [1.54, 1.807) is 24.3 Å². The quantitative estimate of drug-likeness (QED) is 0.740. The van der Waals surface area contributed by atoms with Crippen LogP contribution >= 0.6 is 38.9 Å². The van der Waals surface area contributed by atoms with Gasteiger partial charge in [0, 0.05) is 11.4 Å². The van der Waals surface area contributed by atoms with E-state index < -0.39 is 15.7 Å². The molecule has 1 heterocycles. The minimum absolute atomic E-state index is 0.159. The van der Waals surface area contributed by atoms with Crippen LogP contribution in [0.1, 0.15) is 6.42 Å². The lowest BCUT2D eigenvalue weighted by Crippen LogP contribution is -2.17. The van der Waals surface area contributed by atoms with Gasteiger partial charge in [0.2, 0.25) is 5.91 Å². The van der Waals surface area contributed by atoms with Gasteiger partial charge in [0.15, 0.2) is 9.84 Å². The maximum absolute atomic E-state index is 12.1. The molecule has 0 fully saturated rings. The standard InChI is InChI=1S/C14H13BrClNO4S2/c1-21-11-3-2-9(16)8-10(11)17-13(18)6-7-23(19,20)14-5-4-12(15)22-14/h2-5,8H,6-7H2,1H3,(H,17,18). The second-order valence-electron chi connectivity index (χ2n) is 4.52. The van der Waals surface area contributed by atoms with Gasteiger partial charge in [0.25, 0.3) is 0 Å². The molecule has 9 heteroatoms. The van der Waals surface area contributed by atoms with Crippen molar-refractivity contribution in [2.45, 2.75) is 10.6 Å². The summed E-state index contributed by atoms with van der Waals surface area (Å²) in [5.74, 6) is -0.244. The van der Waals surface area contributed by atoms with E-state index in [4.69, 9.17) is 16.3 Å². The van der Waals surface area contributed by atoms with Gasteiger partial charge in [-0.2, -0.15) is 0 Å². The summed E-state index contributed by atoms with van der Waals surface area (Å²) in [7, 11) is -2.01. The molecule has 5 nitrogen and oxygen atoms in total. The molecule has 0 saturated heterocycles. The van der Waals surface area contributed by atoms with Crippen LogP contribution in [0.3, 0.4) is 0 Å². The van der Waals surface area contributed by atoms with Crippen LogP contribution in [0.15, 0.2) is 38.3 Å². The number of amides is 1. The summed E-state index contributed by atoms with van der Waals surface area (Å²) in [5.41, 5.74) is 0.404. The van der Waals surface area contributed by atoms with E-state index in [2.05, 4.69) is 21.2 Å². The molecule has 0 saturated carbocycles. The molecule has 0 atom stereocenters. The normalized spacial score (nSPS) is 11.3. The molecule has 23 heavy (non-hydrogen) atoms. The molecule has 0 spiro atoms. The highest BCUT2D eigenvalue weighted by molar-refractivity contribution is 9.11. The van der Waals surface area contributed by atoms with E-state index >= 15 is 0 Å². The average molecular weight is 439 g/mol. The fourth-order valence-electron chi connectivity index (χ4n) is 1.78. The number of ether oxygens (including phenoxy) is 1. The molecule has 0 aliphatic heterocycles. The molecule has 1 aromatic heterocycles. The molecule has 2 aromatic rings. The summed E-state index contributed by atoms with van der Waals surface area (Å²) in [6.45, 7) is 0. The monoisotopic (exact) mass is 437 g/mol. The number of hydrogen-bond acceptors (Lipinski definition) is 5. The lowest BCUT2D eigenvalue weighted by molar-refractivity contribution is -0.115. The van der Waals surface area contributed by atoms with Crippen molar-refractivity contribution in [3.05, 3.63) is 39.1 Å². The van der Waals surface area contributed by atoms with Crippen molar-refractivity contribution in [3.8, 4) is 5.75 Å². The zero-order valence-electron chi connectivity index (χ0n) is 12.0. The largest absolute Gasteiger partial charge is 0.495 e. The van der Waals surface area contributed by atoms with Gasteiger partial charge >= 0.3 is 0 Å². The molecule has 0 bridgehead atoms. The number of anilines is 1. The Morgan fingerprint density at radius 3 is 2.70 bits per heavy atom. The van der Waals surface area contributed by atoms with Gasteiger partial charge in [-0.3, -0.25) is 4.79 Å². The summed E-state index contributed by atoms with van der Waals surface area (Å²) in [6.07, 6.45) is -0.159. The van der Waals surface area contributed by atoms with Gasteiger partial charge in [-0.25, -0.2) is 8.42 Å². The Balaban J connectivity index is 2.02. The molecule has 0 unspecified atom stereocenters. The van der Waals surface area contributed by atoms with Crippen molar-refractivity contribution in [2.75, 3.05) is 18.2 Å². The van der Waals surface area contributed by atoms with Gasteiger partial charge in [-0.1, -0.05) is 11.6 Å². The highest BCUT2D eigenvalue weighted by atomic mass is 79.9. The van der Waals surface area contributed by atoms with Gasteiger partial charge in [0.1, 0.15) is 9.96 Å². The first-order valence-corrected chi connectivity index (χ1v) is 10.1. The first kappa shape index (κ1) is 18.3. The summed E-state index contributed by atoms with van der Waals surface area (Å²) in [5, 5.41) is 3.05. The van der Waals surface area contributed by atoms with E-state index in [-0.39, 0.29) is 16.4 Å². The Labute approximate surface area is 151 Å². The molecule has 1 amide bonds. The molecule has 124 valence electrons. The zero-order chi connectivity index (χ0) is 17.0. The second kappa shape index (κ2) is 7.65. The van der Waals surface area contributed by atoms with Crippen LogP contribution < -0.4 is 10.1 Å². The second-order valence-corrected chi connectivity index (χ2v) is 9.76. The number of halogens is 2. The van der Waals surface area contributed by atoms with Crippen molar-refractivity contribution in [1.82, 2.24) is 0 Å². The molecule has 0 radical (unpaired) electrons. The third-order valence-corrected chi connectivity index (χ3v) is 7.04. The first-order chi connectivity index (χ1) is 10.8. The number of carbonyl (C=O) groups is 1. The minimum Gasteiger partial charge on any atom is -0.495 e. The third kappa shape index (κ3) is 4.94. The van der Waals surface area contributed by atoms with Crippen molar-refractivity contribution in [2.24, 2.45) is 0 Å². The Kier molecular flexibility index (Phi) is 6.07. The summed E-state index contributed by atoms with van der Waals surface area (Å²) < 4.78 is 30.4. The predicted octanol–water partition coefficient (Wildman–Crippen LogP) is 3.98. The topological polar surface area (TPSA) is 72.5 Å². The maximum Gasteiger partial charge on any atom is 0.225 e. The molecular weight excluding hydrogens is 426 g/mol. The first-order valence-electron chi connectivity index (χ1n) is 6.43. The van der Waals surface area contributed by atoms with E-state index in [0.717, 1.165) is 15.1 Å². The summed E-state index contributed by atoms with van der Waals surface area (Å²) in [4.78, 5) is 12.0. The molecule has 0 aliphatic carbocycles. The van der Waals surface area contributed by atoms with Crippen LogP contribution in [-0.4, -0.2) is 27.2 Å². The van der Waals surface area contributed by atoms with E-state index in [1.807, 2.05) is 0 Å². The van der Waals surface area contributed by atoms with Gasteiger partial charge < -0.3 is 10.1 Å². The Bertz CT molecular complexity index is 820. The van der Waals surface area contributed by atoms with E-state index in [0.29, 0.717) is 16.5 Å². The lowest BCUT2D eigenvalue weighted by atomic mass is 10.3. The van der Waals surface area contributed by atoms with Crippen LogP contribution in [0, 0.1) is 0 Å². The number of benzene rings is 1. The number of thiophene rings is 1. The van der Waals surface area contributed by atoms with Crippen LogP contribution in [0.5, 0.6) is 5.75 Å². The van der Waals surface area contributed by atoms with Crippen molar-refractivity contribution < 1.29 is 17.9 Å². The van der Waals surface area contributed by atoms with Crippen LogP contribution in [-0.2, 0) is 14.6 Å². The highest BCUT2D eigenvalue weighted by Crippen LogP contribution is 2.29. The Morgan fingerprint density at radius 1 is 1.35 bits per heavy atom. The van der Waals surface area contributed by atoms with Crippen LogP contribution in [0.25, 0.3) is 0 Å². The number of hydrogen-bond donors (Lipinski definition) is 1. The highest BCUT2D eigenvalue weighted by Gasteiger charge is 2.19. The fourth-order valence-corrected chi connectivity index (χ4v) is 5.35. The lowest BCUT2D eigenvalue weighted by Gasteiger charge is -2.10. The van der Waals surface area contributed by atoms with E-state index in [1.165, 1.54) is 13.2 Å². The van der Waals surface area contributed by atoms with Gasteiger partial charge in [-0.05, 0) is 46.3 Å². The van der Waals surface area contributed by atoms with Crippen molar-refractivity contribution in [1.29, 1.82) is 0 Å². The minimum atomic E-state index is -3.48. The number of sulfone groups is 1.